The van der Waals surface area contributed by atoms with Gasteiger partial charge in [0.1, 0.15) is 0 Å². The minimum atomic E-state index is 0.709. The second-order valence-corrected chi connectivity index (χ2v) is 2.45. The molecule has 0 saturated carbocycles. The molecule has 0 aliphatic heterocycles. The van der Waals surface area contributed by atoms with E-state index in [2.05, 4.69) is 22.6 Å². The molecular formula is C7H11IN2. The molecule has 0 spiro atoms. The molecule has 0 aliphatic carbocycles. The summed E-state index contributed by atoms with van der Waals surface area (Å²) in [6.45, 7) is 2.00. The van der Waals surface area contributed by atoms with Crippen molar-refractivity contribution in [2.24, 2.45) is 5.73 Å². The topological polar surface area (TPSA) is 49.9 Å². The standard InChI is InChI=1S/C7H11IN2/c1-2-6(5-9)3-7(10)4-8/h3-5,9H,2,10H2,1H3/b6-3-,7-4+,9-5?. The van der Waals surface area contributed by atoms with Crippen LogP contribution in [0.1, 0.15) is 13.3 Å². The first kappa shape index (κ1) is 9.68. The summed E-state index contributed by atoms with van der Waals surface area (Å²) >= 11 is 2.07. The van der Waals surface area contributed by atoms with Crippen LogP contribution < -0.4 is 5.73 Å². The first-order chi connectivity index (χ1) is 4.74. The van der Waals surface area contributed by atoms with Crippen molar-refractivity contribution in [2.75, 3.05) is 0 Å². The van der Waals surface area contributed by atoms with Gasteiger partial charge in [-0.1, -0.05) is 29.5 Å². The summed E-state index contributed by atoms with van der Waals surface area (Å²) in [5.41, 5.74) is 7.16. The Morgan fingerprint density at radius 2 is 2.30 bits per heavy atom. The smallest absolute Gasteiger partial charge is 0.0378 e. The molecule has 0 fully saturated rings. The van der Waals surface area contributed by atoms with Crippen molar-refractivity contribution in [2.45, 2.75) is 13.3 Å². The van der Waals surface area contributed by atoms with E-state index in [0.29, 0.717) is 5.70 Å². The van der Waals surface area contributed by atoms with Crippen LogP contribution in [-0.2, 0) is 0 Å². The zero-order valence-corrected chi connectivity index (χ0v) is 8.05. The third kappa shape index (κ3) is 3.66. The van der Waals surface area contributed by atoms with Gasteiger partial charge in [0.25, 0.3) is 0 Å². The monoisotopic (exact) mass is 250 g/mol. The Hall–Kier alpha value is -0.320. The van der Waals surface area contributed by atoms with Gasteiger partial charge in [0.15, 0.2) is 0 Å². The molecular weight excluding hydrogens is 239 g/mol. The van der Waals surface area contributed by atoms with E-state index < -0.39 is 0 Å². The van der Waals surface area contributed by atoms with Gasteiger partial charge in [0.05, 0.1) is 0 Å². The summed E-state index contributed by atoms with van der Waals surface area (Å²) in [4.78, 5) is 0. The lowest BCUT2D eigenvalue weighted by Gasteiger charge is -1.94. The summed E-state index contributed by atoms with van der Waals surface area (Å²) in [5.74, 6) is 0. The lowest BCUT2D eigenvalue weighted by atomic mass is 10.2. The number of rotatable bonds is 3. The van der Waals surface area contributed by atoms with E-state index in [9.17, 15) is 0 Å². The molecule has 0 unspecified atom stereocenters. The second kappa shape index (κ2) is 5.46. The highest BCUT2D eigenvalue weighted by Gasteiger charge is 1.87. The largest absolute Gasteiger partial charge is 0.398 e. The van der Waals surface area contributed by atoms with Crippen LogP contribution in [0.4, 0.5) is 0 Å². The molecule has 56 valence electrons. The van der Waals surface area contributed by atoms with Gasteiger partial charge in [0.2, 0.25) is 0 Å². The summed E-state index contributed by atoms with van der Waals surface area (Å²) in [6, 6.07) is 0. The van der Waals surface area contributed by atoms with E-state index in [4.69, 9.17) is 11.1 Å². The molecule has 0 amide bonds. The number of halogens is 1. The maximum atomic E-state index is 6.95. The SMILES string of the molecule is CC/C(C=N)=C/C(N)=C\I. The van der Waals surface area contributed by atoms with Crippen molar-refractivity contribution in [1.82, 2.24) is 0 Å². The molecule has 0 aromatic rings. The van der Waals surface area contributed by atoms with Gasteiger partial charge in [-0.3, -0.25) is 0 Å². The third-order valence-electron chi connectivity index (χ3n) is 1.07. The molecule has 0 saturated heterocycles. The molecule has 0 aliphatic rings. The number of nitrogens with two attached hydrogens (primary N) is 1. The maximum absolute atomic E-state index is 6.95. The van der Waals surface area contributed by atoms with Crippen LogP contribution in [0, 0.1) is 5.41 Å². The first-order valence-corrected chi connectivity index (χ1v) is 4.26. The molecule has 0 atom stereocenters. The Bertz CT molecular complexity index is 170. The molecule has 10 heavy (non-hydrogen) atoms. The van der Waals surface area contributed by atoms with Crippen LogP contribution in [0.5, 0.6) is 0 Å². The summed E-state index contributed by atoms with van der Waals surface area (Å²) < 4.78 is 1.79. The Morgan fingerprint density at radius 3 is 2.60 bits per heavy atom. The molecule has 0 aromatic carbocycles. The lowest BCUT2D eigenvalue weighted by Crippen LogP contribution is -1.93. The highest BCUT2D eigenvalue weighted by atomic mass is 127. The third-order valence-corrected chi connectivity index (χ3v) is 1.79. The predicted molar refractivity (Wildman–Crippen MR) is 53.4 cm³/mol. The van der Waals surface area contributed by atoms with Crippen LogP contribution in [0.3, 0.4) is 0 Å². The molecule has 0 bridgehead atoms. The molecule has 2 nitrogen and oxygen atoms in total. The summed E-state index contributed by atoms with van der Waals surface area (Å²) in [7, 11) is 0. The second-order valence-electron chi connectivity index (χ2n) is 1.83. The van der Waals surface area contributed by atoms with Gasteiger partial charge in [-0.15, -0.1) is 0 Å². The van der Waals surface area contributed by atoms with E-state index in [1.54, 1.807) is 10.2 Å². The molecule has 0 rings (SSSR count). The van der Waals surface area contributed by atoms with Crippen molar-refractivity contribution in [3.8, 4) is 0 Å². The normalized spacial score (nSPS) is 13.4. The maximum Gasteiger partial charge on any atom is 0.0378 e. The van der Waals surface area contributed by atoms with Gasteiger partial charge in [-0.05, 0) is 22.2 Å². The van der Waals surface area contributed by atoms with Crippen molar-refractivity contribution in [1.29, 1.82) is 5.41 Å². The highest BCUT2D eigenvalue weighted by molar-refractivity contribution is 14.1. The fourth-order valence-corrected chi connectivity index (χ4v) is 0.671. The highest BCUT2D eigenvalue weighted by Crippen LogP contribution is 2.01. The fourth-order valence-electron chi connectivity index (χ4n) is 0.491. The quantitative estimate of drug-likeness (QED) is 0.450. The molecule has 3 N–H and O–H groups in total. The van der Waals surface area contributed by atoms with Crippen LogP contribution in [0.2, 0.25) is 0 Å². The van der Waals surface area contributed by atoms with Crippen LogP contribution in [-0.4, -0.2) is 6.21 Å². The first-order valence-electron chi connectivity index (χ1n) is 3.01. The van der Waals surface area contributed by atoms with Gasteiger partial charge in [-0.25, -0.2) is 0 Å². The Morgan fingerprint density at radius 1 is 1.70 bits per heavy atom. The minimum absolute atomic E-state index is 0.709. The van der Waals surface area contributed by atoms with Crippen molar-refractivity contribution >= 4 is 28.8 Å². The van der Waals surface area contributed by atoms with E-state index in [-0.39, 0.29) is 0 Å². The lowest BCUT2D eigenvalue weighted by molar-refractivity contribution is 1.16. The Labute approximate surface area is 74.8 Å². The van der Waals surface area contributed by atoms with Crippen LogP contribution in [0.15, 0.2) is 21.4 Å². The average Bonchev–Trinajstić information content (AvgIpc) is 1.99. The van der Waals surface area contributed by atoms with E-state index in [0.717, 1.165) is 12.0 Å². The van der Waals surface area contributed by atoms with Gasteiger partial charge >= 0.3 is 0 Å². The van der Waals surface area contributed by atoms with Gasteiger partial charge in [-0.2, -0.15) is 0 Å². The van der Waals surface area contributed by atoms with Crippen LogP contribution >= 0.6 is 22.6 Å². The predicted octanol–water partition coefficient (Wildman–Crippen LogP) is 2.21. The summed E-state index contributed by atoms with van der Waals surface area (Å²) in [6.07, 6.45) is 3.99. The number of allylic oxidation sites excluding steroid dienone is 2. The van der Waals surface area contributed by atoms with E-state index in [1.807, 2.05) is 6.92 Å². The average molecular weight is 250 g/mol. The van der Waals surface area contributed by atoms with E-state index >= 15 is 0 Å². The molecule has 3 heteroatoms. The fraction of sp³-hybridized carbons (Fsp3) is 0.286. The Kier molecular flexibility index (Phi) is 5.29. The Balaban J connectivity index is 4.24. The van der Waals surface area contributed by atoms with Gasteiger partial charge < -0.3 is 11.1 Å². The van der Waals surface area contributed by atoms with Gasteiger partial charge in [0, 0.05) is 11.9 Å². The number of hydrogen-bond acceptors (Lipinski definition) is 2. The van der Waals surface area contributed by atoms with Crippen molar-refractivity contribution < 1.29 is 0 Å². The summed E-state index contributed by atoms with van der Waals surface area (Å²) in [5, 5.41) is 6.95. The number of hydrogen-bond donors (Lipinski definition) is 2. The molecule has 0 radical (unpaired) electrons. The zero-order chi connectivity index (χ0) is 7.98. The molecule has 0 aromatic heterocycles. The minimum Gasteiger partial charge on any atom is -0.398 e. The van der Waals surface area contributed by atoms with Crippen molar-refractivity contribution in [3.05, 3.63) is 21.4 Å². The molecule has 0 heterocycles. The van der Waals surface area contributed by atoms with E-state index in [1.165, 1.54) is 6.21 Å². The zero-order valence-electron chi connectivity index (χ0n) is 5.89. The van der Waals surface area contributed by atoms with Crippen molar-refractivity contribution in [3.63, 3.8) is 0 Å². The number of nitrogens with one attached hydrogen (secondary N) is 1. The van der Waals surface area contributed by atoms with Crippen LogP contribution in [0.25, 0.3) is 0 Å².